The highest BCUT2D eigenvalue weighted by Crippen LogP contribution is 2.24. The predicted molar refractivity (Wildman–Crippen MR) is 127 cm³/mol. The lowest BCUT2D eigenvalue weighted by Crippen LogP contribution is -2.28. The molecule has 0 heterocycles. The van der Waals surface area contributed by atoms with E-state index in [-0.39, 0.29) is 10.8 Å². The van der Waals surface area contributed by atoms with Crippen molar-refractivity contribution in [2.24, 2.45) is 0 Å². The van der Waals surface area contributed by atoms with Gasteiger partial charge >= 0.3 is 0 Å². The van der Waals surface area contributed by atoms with Crippen LogP contribution >= 0.6 is 11.6 Å². The first-order valence-corrected chi connectivity index (χ1v) is 11.8. The van der Waals surface area contributed by atoms with Gasteiger partial charge in [0.1, 0.15) is 12.4 Å². The quantitative estimate of drug-likeness (QED) is 0.486. The van der Waals surface area contributed by atoms with Crippen LogP contribution in [0.1, 0.15) is 21.5 Å². The first kappa shape index (κ1) is 23.6. The van der Waals surface area contributed by atoms with Crippen molar-refractivity contribution < 1.29 is 17.9 Å². The number of benzene rings is 3. The van der Waals surface area contributed by atoms with Gasteiger partial charge in [-0.3, -0.25) is 9.10 Å². The summed E-state index contributed by atoms with van der Waals surface area (Å²) in [5, 5.41) is 3.26. The number of halogens is 1. The number of carbonyl (C=O) groups is 1. The lowest BCUT2D eigenvalue weighted by molar-refractivity contribution is 0.0947. The fourth-order valence-electron chi connectivity index (χ4n) is 3.03. The van der Waals surface area contributed by atoms with Gasteiger partial charge in [-0.25, -0.2) is 8.42 Å². The highest BCUT2D eigenvalue weighted by molar-refractivity contribution is 7.92. The Kier molecular flexibility index (Phi) is 7.43. The van der Waals surface area contributed by atoms with E-state index in [0.29, 0.717) is 29.4 Å². The third kappa shape index (κ3) is 5.41. The number of amides is 1. The van der Waals surface area contributed by atoms with Crippen molar-refractivity contribution in [1.29, 1.82) is 0 Å². The fourth-order valence-corrected chi connectivity index (χ4v) is 4.36. The topological polar surface area (TPSA) is 75.7 Å². The Balaban J connectivity index is 1.58. The van der Waals surface area contributed by atoms with Crippen molar-refractivity contribution in [3.8, 4) is 5.75 Å². The van der Waals surface area contributed by atoms with Crippen LogP contribution in [0, 0.1) is 13.8 Å². The minimum Gasteiger partial charge on any atom is -0.491 e. The average molecular weight is 473 g/mol. The summed E-state index contributed by atoms with van der Waals surface area (Å²) in [5.41, 5.74) is 3.09. The van der Waals surface area contributed by atoms with Gasteiger partial charge in [0.2, 0.25) is 0 Å². The normalized spacial score (nSPS) is 11.1. The van der Waals surface area contributed by atoms with Crippen molar-refractivity contribution >= 4 is 33.2 Å². The molecule has 3 rings (SSSR count). The number of ether oxygens (including phenoxy) is 1. The molecule has 0 bridgehead atoms. The van der Waals surface area contributed by atoms with Gasteiger partial charge in [-0.2, -0.15) is 0 Å². The Hall–Kier alpha value is -3.03. The van der Waals surface area contributed by atoms with Gasteiger partial charge < -0.3 is 10.1 Å². The molecule has 0 radical (unpaired) electrons. The number of rotatable bonds is 8. The van der Waals surface area contributed by atoms with E-state index >= 15 is 0 Å². The molecule has 0 unspecified atom stereocenters. The molecule has 0 saturated heterocycles. The summed E-state index contributed by atoms with van der Waals surface area (Å²) in [4.78, 5) is 12.5. The molecular weight excluding hydrogens is 448 g/mol. The van der Waals surface area contributed by atoms with E-state index in [0.717, 1.165) is 21.2 Å². The summed E-state index contributed by atoms with van der Waals surface area (Å²) in [6.45, 7) is 4.70. The van der Waals surface area contributed by atoms with Crippen molar-refractivity contribution in [3.63, 3.8) is 0 Å². The van der Waals surface area contributed by atoms with Gasteiger partial charge in [0.05, 0.1) is 17.1 Å². The van der Waals surface area contributed by atoms with E-state index in [1.54, 1.807) is 24.3 Å². The first-order valence-electron chi connectivity index (χ1n) is 10.0. The first-order chi connectivity index (χ1) is 15.2. The van der Waals surface area contributed by atoms with Gasteiger partial charge in [-0.05, 0) is 79.6 Å². The number of nitrogens with one attached hydrogen (secondary N) is 1. The van der Waals surface area contributed by atoms with E-state index in [1.807, 2.05) is 32.0 Å². The molecule has 1 N–H and O–H groups in total. The van der Waals surface area contributed by atoms with E-state index < -0.39 is 10.0 Å². The zero-order valence-electron chi connectivity index (χ0n) is 18.1. The molecule has 0 spiro atoms. The molecule has 32 heavy (non-hydrogen) atoms. The zero-order valence-corrected chi connectivity index (χ0v) is 19.7. The molecule has 0 atom stereocenters. The summed E-state index contributed by atoms with van der Waals surface area (Å²) < 4.78 is 32.5. The van der Waals surface area contributed by atoms with Crippen molar-refractivity contribution in [2.75, 3.05) is 24.5 Å². The van der Waals surface area contributed by atoms with Crippen LogP contribution in [0.5, 0.6) is 5.75 Å². The van der Waals surface area contributed by atoms with Gasteiger partial charge in [0.25, 0.3) is 15.9 Å². The number of hydrogen-bond donors (Lipinski definition) is 1. The number of carbonyl (C=O) groups excluding carboxylic acids is 1. The molecule has 0 aliphatic rings. The van der Waals surface area contributed by atoms with Crippen LogP contribution < -0.4 is 14.4 Å². The Morgan fingerprint density at radius 3 is 2.31 bits per heavy atom. The molecular formula is C24H25ClN2O4S. The summed E-state index contributed by atoms with van der Waals surface area (Å²) in [7, 11) is -2.27. The Morgan fingerprint density at radius 1 is 1.00 bits per heavy atom. The molecule has 6 nitrogen and oxygen atoms in total. The molecule has 3 aromatic carbocycles. The van der Waals surface area contributed by atoms with Gasteiger partial charge in [-0.15, -0.1) is 0 Å². The van der Waals surface area contributed by atoms with E-state index in [2.05, 4.69) is 5.32 Å². The second kappa shape index (κ2) is 10.1. The number of hydrogen-bond acceptors (Lipinski definition) is 4. The van der Waals surface area contributed by atoms with Crippen LogP contribution in [0.3, 0.4) is 0 Å². The monoisotopic (exact) mass is 472 g/mol. The molecule has 0 aliphatic carbocycles. The summed E-state index contributed by atoms with van der Waals surface area (Å²) >= 11 is 5.84. The maximum absolute atomic E-state index is 12.8. The van der Waals surface area contributed by atoms with Gasteiger partial charge in [0.15, 0.2) is 0 Å². The Bertz CT molecular complexity index is 1190. The van der Waals surface area contributed by atoms with Crippen LogP contribution in [0.15, 0.2) is 71.6 Å². The smallest absolute Gasteiger partial charge is 0.264 e. The van der Waals surface area contributed by atoms with Crippen LogP contribution in [0.4, 0.5) is 5.69 Å². The minimum atomic E-state index is -3.73. The standard InChI is InChI=1S/C24H25ClN2O4S/c1-17-5-4-6-23(18(17)2)31-16-15-26-24(28)19-7-11-21(12-8-19)27(3)32(29,30)22-13-9-20(25)10-14-22/h4-14H,15-16H2,1-3H3,(H,26,28). The van der Waals surface area contributed by atoms with Crippen LogP contribution in [0.2, 0.25) is 5.02 Å². The van der Waals surface area contributed by atoms with E-state index in [9.17, 15) is 13.2 Å². The third-order valence-corrected chi connectivity index (χ3v) is 7.22. The van der Waals surface area contributed by atoms with Crippen LogP contribution in [0.25, 0.3) is 0 Å². The number of aryl methyl sites for hydroxylation is 1. The van der Waals surface area contributed by atoms with E-state index in [1.165, 1.54) is 31.3 Å². The van der Waals surface area contributed by atoms with Crippen molar-refractivity contribution in [1.82, 2.24) is 5.32 Å². The Labute approximate surface area is 193 Å². The largest absolute Gasteiger partial charge is 0.491 e. The van der Waals surface area contributed by atoms with Gasteiger partial charge in [-0.1, -0.05) is 23.7 Å². The van der Waals surface area contributed by atoms with Crippen molar-refractivity contribution in [2.45, 2.75) is 18.7 Å². The third-order valence-electron chi connectivity index (χ3n) is 5.17. The number of sulfonamides is 1. The Morgan fingerprint density at radius 2 is 1.66 bits per heavy atom. The molecule has 0 saturated carbocycles. The SMILES string of the molecule is Cc1cccc(OCCNC(=O)c2ccc(N(C)S(=O)(=O)c3ccc(Cl)cc3)cc2)c1C. The zero-order chi connectivity index (χ0) is 23.3. The van der Waals surface area contributed by atoms with Crippen LogP contribution in [-0.4, -0.2) is 34.5 Å². The lowest BCUT2D eigenvalue weighted by atomic mass is 10.1. The summed E-state index contributed by atoms with van der Waals surface area (Å²) in [5.74, 6) is 0.540. The summed E-state index contributed by atoms with van der Waals surface area (Å²) in [6.07, 6.45) is 0. The second-order valence-electron chi connectivity index (χ2n) is 7.28. The molecule has 8 heteroatoms. The molecule has 0 aliphatic heterocycles. The predicted octanol–water partition coefficient (Wildman–Crippen LogP) is 4.59. The molecule has 168 valence electrons. The molecule has 1 amide bonds. The lowest BCUT2D eigenvalue weighted by Gasteiger charge is -2.20. The van der Waals surface area contributed by atoms with E-state index in [4.69, 9.17) is 16.3 Å². The second-order valence-corrected chi connectivity index (χ2v) is 9.68. The number of anilines is 1. The van der Waals surface area contributed by atoms with Crippen LogP contribution in [-0.2, 0) is 10.0 Å². The highest BCUT2D eigenvalue weighted by Gasteiger charge is 2.21. The number of nitrogens with zero attached hydrogens (tertiary/aromatic N) is 1. The summed E-state index contributed by atoms with van der Waals surface area (Å²) in [6, 6.07) is 18.2. The molecule has 0 aromatic heterocycles. The van der Waals surface area contributed by atoms with Crippen molar-refractivity contribution in [3.05, 3.63) is 88.4 Å². The average Bonchev–Trinajstić information content (AvgIpc) is 2.79. The molecule has 3 aromatic rings. The molecule has 0 fully saturated rings. The fraction of sp³-hybridized carbons (Fsp3) is 0.208. The minimum absolute atomic E-state index is 0.134. The maximum atomic E-state index is 12.8. The maximum Gasteiger partial charge on any atom is 0.264 e. The van der Waals surface area contributed by atoms with Gasteiger partial charge in [0, 0.05) is 17.6 Å². The highest BCUT2D eigenvalue weighted by atomic mass is 35.5.